The van der Waals surface area contributed by atoms with E-state index in [2.05, 4.69) is 234 Å². The molecule has 0 atom stereocenters. The van der Waals surface area contributed by atoms with Crippen molar-refractivity contribution in [3.05, 3.63) is 148 Å². The van der Waals surface area contributed by atoms with Crippen molar-refractivity contribution >= 4 is 78.0 Å². The zero-order valence-corrected chi connectivity index (χ0v) is 43.9. The monoisotopic (exact) mass is 899 g/mol. The molecule has 342 valence electrons. The summed E-state index contributed by atoms with van der Waals surface area (Å²) in [4.78, 5) is 5.45. The number of benzene rings is 6. The van der Waals surface area contributed by atoms with Gasteiger partial charge in [0.1, 0.15) is 0 Å². The van der Waals surface area contributed by atoms with Crippen molar-refractivity contribution in [3.63, 3.8) is 0 Å². The van der Waals surface area contributed by atoms with Crippen molar-refractivity contribution in [3.8, 4) is 11.1 Å². The Hall–Kier alpha value is -5.06. The van der Waals surface area contributed by atoms with E-state index in [4.69, 9.17) is 0 Å². The molecule has 11 rings (SSSR count). The van der Waals surface area contributed by atoms with Crippen LogP contribution in [-0.4, -0.2) is 6.71 Å². The Kier molecular flexibility index (Phi) is 9.61. The Labute approximate surface area is 406 Å². The molecule has 0 amide bonds. The van der Waals surface area contributed by atoms with E-state index in [1.165, 1.54) is 129 Å². The summed E-state index contributed by atoms with van der Waals surface area (Å²) in [5, 5.41) is 1.39. The molecule has 0 radical (unpaired) electrons. The maximum Gasteiger partial charge on any atom is 0.264 e. The molecule has 2 aliphatic carbocycles. The summed E-state index contributed by atoms with van der Waals surface area (Å²) >= 11 is 2.06. The van der Waals surface area contributed by atoms with Crippen LogP contribution in [0.5, 0.6) is 0 Å². The van der Waals surface area contributed by atoms with Crippen LogP contribution < -0.4 is 25.5 Å². The predicted octanol–water partition coefficient (Wildman–Crippen LogP) is 16.3. The molecule has 0 bridgehead atoms. The van der Waals surface area contributed by atoms with Crippen LogP contribution in [0.4, 0.5) is 34.1 Å². The molecule has 0 unspecified atom stereocenters. The van der Waals surface area contributed by atoms with Crippen molar-refractivity contribution < 1.29 is 0 Å². The molecule has 2 aliphatic heterocycles. The van der Waals surface area contributed by atoms with Crippen molar-refractivity contribution in [2.75, 3.05) is 9.80 Å². The molecule has 0 N–H and O–H groups in total. The van der Waals surface area contributed by atoms with Gasteiger partial charge in [-0.1, -0.05) is 158 Å². The first kappa shape index (κ1) is 44.5. The van der Waals surface area contributed by atoms with E-state index in [-0.39, 0.29) is 39.2 Å². The fraction of sp³-hybridized carbons (Fsp3) is 0.397. The Morgan fingerprint density at radius 2 is 1.09 bits per heavy atom. The lowest BCUT2D eigenvalue weighted by Gasteiger charge is -2.49. The third kappa shape index (κ3) is 6.76. The number of thiophene rings is 1. The van der Waals surface area contributed by atoms with Gasteiger partial charge in [0.2, 0.25) is 0 Å². The normalized spacial score (nSPS) is 18.5. The number of hydrogen-bond acceptors (Lipinski definition) is 3. The highest BCUT2D eigenvalue weighted by molar-refractivity contribution is 7.33. The second kappa shape index (κ2) is 14.5. The lowest BCUT2D eigenvalue weighted by atomic mass is 9.35. The maximum absolute atomic E-state index is 2.76. The van der Waals surface area contributed by atoms with Gasteiger partial charge < -0.3 is 9.80 Å². The third-order valence-corrected chi connectivity index (χ3v) is 18.1. The summed E-state index contributed by atoms with van der Waals surface area (Å²) in [5.41, 5.74) is 23.6. The van der Waals surface area contributed by atoms with Gasteiger partial charge >= 0.3 is 0 Å². The predicted molar refractivity (Wildman–Crippen MR) is 294 cm³/mol. The molecule has 0 saturated heterocycles. The highest BCUT2D eigenvalue weighted by atomic mass is 32.1. The second-order valence-electron chi connectivity index (χ2n) is 25.6. The van der Waals surface area contributed by atoms with Gasteiger partial charge in [0, 0.05) is 43.2 Å². The molecule has 0 saturated carbocycles. The molecule has 2 nitrogen and oxygen atoms in total. The largest absolute Gasteiger partial charge is 0.310 e. The van der Waals surface area contributed by atoms with Crippen molar-refractivity contribution in [1.82, 2.24) is 0 Å². The van der Waals surface area contributed by atoms with E-state index in [1.807, 2.05) is 0 Å². The van der Waals surface area contributed by atoms with Crippen LogP contribution in [0.3, 0.4) is 0 Å². The van der Waals surface area contributed by atoms with Crippen molar-refractivity contribution in [1.29, 1.82) is 0 Å². The smallest absolute Gasteiger partial charge is 0.264 e. The summed E-state index contributed by atoms with van der Waals surface area (Å²) in [6.07, 6.45) is 4.71. The minimum absolute atomic E-state index is 0.00902. The molecular weight excluding hydrogens is 828 g/mol. The molecule has 0 spiro atoms. The van der Waals surface area contributed by atoms with Gasteiger partial charge in [0.05, 0.1) is 11.4 Å². The van der Waals surface area contributed by atoms with Gasteiger partial charge in [-0.2, -0.15) is 0 Å². The Bertz CT molecular complexity index is 3160. The minimum Gasteiger partial charge on any atom is -0.310 e. The van der Waals surface area contributed by atoms with Crippen LogP contribution in [0.1, 0.15) is 162 Å². The van der Waals surface area contributed by atoms with Gasteiger partial charge in [-0.25, -0.2) is 0 Å². The van der Waals surface area contributed by atoms with Crippen LogP contribution >= 0.6 is 11.3 Å². The maximum atomic E-state index is 2.76. The molecule has 1 aromatic heterocycles. The van der Waals surface area contributed by atoms with Crippen molar-refractivity contribution in [2.24, 2.45) is 0 Å². The molecule has 7 aromatic rings. The van der Waals surface area contributed by atoms with E-state index in [0.717, 1.165) is 6.42 Å². The number of fused-ring (bicyclic) bond motifs is 9. The summed E-state index contributed by atoms with van der Waals surface area (Å²) in [6.45, 7) is 36.4. The molecular formula is C63H71BN2S. The quantitative estimate of drug-likeness (QED) is 0.163. The van der Waals surface area contributed by atoms with Crippen LogP contribution in [0, 0.1) is 6.92 Å². The minimum atomic E-state index is -0.0361. The van der Waals surface area contributed by atoms with Gasteiger partial charge in [-0.3, -0.25) is 0 Å². The molecule has 4 heteroatoms. The van der Waals surface area contributed by atoms with Gasteiger partial charge in [-0.05, 0) is 169 Å². The van der Waals surface area contributed by atoms with E-state index in [1.54, 1.807) is 0 Å². The zero-order chi connectivity index (χ0) is 47.5. The topological polar surface area (TPSA) is 6.48 Å². The number of anilines is 6. The highest BCUT2D eigenvalue weighted by Gasteiger charge is 2.50. The molecule has 0 fully saturated rings. The Balaban J connectivity index is 1.30. The Morgan fingerprint density at radius 1 is 0.522 bits per heavy atom. The highest BCUT2D eigenvalue weighted by Crippen LogP contribution is 2.57. The van der Waals surface area contributed by atoms with E-state index in [0.29, 0.717) is 0 Å². The second-order valence-corrected chi connectivity index (χ2v) is 26.7. The average Bonchev–Trinajstić information content (AvgIpc) is 3.64. The van der Waals surface area contributed by atoms with Crippen LogP contribution in [-0.2, 0) is 32.5 Å². The number of hydrogen-bond donors (Lipinski definition) is 0. The van der Waals surface area contributed by atoms with Gasteiger partial charge in [0.15, 0.2) is 0 Å². The van der Waals surface area contributed by atoms with E-state index < -0.39 is 0 Å². The molecule has 4 aliphatic rings. The van der Waals surface area contributed by atoms with Crippen LogP contribution in [0.2, 0.25) is 0 Å². The number of nitrogens with zero attached hydrogens (tertiary/aromatic N) is 2. The first-order chi connectivity index (χ1) is 31.4. The average molecular weight is 899 g/mol. The summed E-state index contributed by atoms with van der Waals surface area (Å²) in [5.74, 6) is 0. The van der Waals surface area contributed by atoms with Crippen LogP contribution in [0.15, 0.2) is 109 Å². The first-order valence-electron chi connectivity index (χ1n) is 25.2. The number of rotatable bonds is 3. The van der Waals surface area contributed by atoms with Gasteiger partial charge in [0.25, 0.3) is 6.71 Å². The molecule has 67 heavy (non-hydrogen) atoms. The lowest BCUT2D eigenvalue weighted by Crippen LogP contribution is -2.61. The fourth-order valence-electron chi connectivity index (χ4n) is 12.6. The number of aryl methyl sites for hydroxylation is 1. The lowest BCUT2D eigenvalue weighted by molar-refractivity contribution is 0.332. The van der Waals surface area contributed by atoms with E-state index >= 15 is 0 Å². The molecule has 6 aromatic carbocycles. The van der Waals surface area contributed by atoms with Crippen molar-refractivity contribution in [2.45, 2.75) is 162 Å². The summed E-state index contributed by atoms with van der Waals surface area (Å²) in [6, 6.07) is 43.6. The fourth-order valence-corrected chi connectivity index (χ4v) is 13.9. The summed E-state index contributed by atoms with van der Waals surface area (Å²) < 4.78 is 2.87. The summed E-state index contributed by atoms with van der Waals surface area (Å²) in [7, 11) is 0. The van der Waals surface area contributed by atoms with Gasteiger partial charge in [-0.15, -0.1) is 11.3 Å². The zero-order valence-electron chi connectivity index (χ0n) is 43.1. The standard InChI is InChI=1S/C63H71BN2S/c1-38-33-50-54-51(34-38)66(49-28-23-41(59(5,6)7)35-43(49)39-19-17-16-18-20-39)56-48(27-26-45-53(56)63(14,15)32-31-60(45,8)9)64(54)57-55(65(50)42-24-21-40(22-25-42)58(2,3)4)44-36-46-47(37-52(44)67-57)62(12,13)30-29-61(46,10)11/h16-28,33-37H,29-32H2,1-15H3. The SMILES string of the molecule is Cc1cc2c3c(c1)N(c1ccc(C(C)(C)C)cc1)c1c(sc4cc5c(cc14)C(C)(C)CCC5(C)C)B3c1ccc3c(c1N2c1ccc(C(C)(C)C)cc1-c1ccccc1)C(C)(C)CCC3(C)C. The first-order valence-corrected chi connectivity index (χ1v) is 26.0. The Morgan fingerprint density at radius 3 is 1.72 bits per heavy atom. The molecule has 3 heterocycles. The third-order valence-electron chi connectivity index (χ3n) is 16.9. The van der Waals surface area contributed by atoms with Crippen LogP contribution in [0.25, 0.3) is 21.2 Å². The van der Waals surface area contributed by atoms with E-state index in [9.17, 15) is 0 Å².